The van der Waals surface area contributed by atoms with Crippen LogP contribution in [0.5, 0.6) is 0 Å². The fourth-order valence-electron chi connectivity index (χ4n) is 2.95. The van der Waals surface area contributed by atoms with E-state index < -0.39 is 18.2 Å². The summed E-state index contributed by atoms with van der Waals surface area (Å²) < 4.78 is 0. The van der Waals surface area contributed by atoms with Gasteiger partial charge in [-0.25, -0.2) is 0 Å². The Morgan fingerprint density at radius 3 is 3.05 bits per heavy atom. The highest BCUT2D eigenvalue weighted by Crippen LogP contribution is 2.24. The molecule has 2 amide bonds. The van der Waals surface area contributed by atoms with E-state index in [4.69, 9.17) is 0 Å². The van der Waals surface area contributed by atoms with Gasteiger partial charge in [0.2, 0.25) is 11.8 Å². The van der Waals surface area contributed by atoms with Crippen LogP contribution in [0.2, 0.25) is 0 Å². The molecule has 1 aromatic rings. The number of hydrogen-bond acceptors (Lipinski definition) is 5. The van der Waals surface area contributed by atoms with Crippen LogP contribution in [0, 0.1) is 0 Å². The van der Waals surface area contributed by atoms with E-state index in [0.29, 0.717) is 13.0 Å². The van der Waals surface area contributed by atoms with Crippen LogP contribution in [0.25, 0.3) is 0 Å². The second-order valence-electron chi connectivity index (χ2n) is 5.68. The van der Waals surface area contributed by atoms with Crippen LogP contribution >= 0.6 is 11.3 Å². The van der Waals surface area contributed by atoms with Crippen molar-refractivity contribution in [3.8, 4) is 0 Å². The first-order chi connectivity index (χ1) is 10.1. The highest BCUT2D eigenvalue weighted by atomic mass is 32.1. The molecule has 0 unspecified atom stereocenters. The van der Waals surface area contributed by atoms with Crippen LogP contribution in [0.3, 0.4) is 0 Å². The highest BCUT2D eigenvalue weighted by Gasteiger charge is 2.47. The molecule has 6 nitrogen and oxygen atoms in total. The Morgan fingerprint density at radius 2 is 2.38 bits per heavy atom. The Kier molecular flexibility index (Phi) is 3.97. The predicted molar refractivity (Wildman–Crippen MR) is 78.7 cm³/mol. The minimum Gasteiger partial charge on any atom is -0.391 e. The van der Waals surface area contributed by atoms with Gasteiger partial charge in [-0.3, -0.25) is 9.59 Å². The number of carbonyl (C=O) groups is 2. The molecule has 2 fully saturated rings. The number of piperazine rings is 1. The van der Waals surface area contributed by atoms with Gasteiger partial charge in [0.1, 0.15) is 12.1 Å². The van der Waals surface area contributed by atoms with E-state index in [-0.39, 0.29) is 17.9 Å². The van der Waals surface area contributed by atoms with Gasteiger partial charge in [0.15, 0.2) is 0 Å². The largest absolute Gasteiger partial charge is 0.391 e. The molecule has 0 aliphatic carbocycles. The minimum atomic E-state index is -0.875. The van der Waals surface area contributed by atoms with Crippen LogP contribution in [0.1, 0.15) is 18.9 Å². The fourth-order valence-corrected chi connectivity index (χ4v) is 3.62. The number of rotatable bonds is 4. The predicted octanol–water partition coefficient (Wildman–Crippen LogP) is -0.314. The molecule has 1 aromatic heterocycles. The lowest BCUT2D eigenvalue weighted by atomic mass is 10.0. The average molecular weight is 309 g/mol. The van der Waals surface area contributed by atoms with E-state index in [1.165, 1.54) is 12.5 Å². The van der Waals surface area contributed by atoms with Gasteiger partial charge in [0.25, 0.3) is 0 Å². The van der Waals surface area contributed by atoms with Crippen molar-refractivity contribution in [1.82, 2.24) is 15.5 Å². The molecule has 3 N–H and O–H groups in total. The number of carbonyl (C=O) groups excluding carboxylic acids is 2. The average Bonchev–Trinajstić information content (AvgIpc) is 3.09. The first kappa shape index (κ1) is 14.5. The van der Waals surface area contributed by atoms with Crippen LogP contribution in [-0.2, 0) is 16.1 Å². The number of nitrogens with zero attached hydrogens (tertiary/aromatic N) is 1. The van der Waals surface area contributed by atoms with Gasteiger partial charge in [-0.1, -0.05) is 0 Å². The van der Waals surface area contributed by atoms with Crippen molar-refractivity contribution in [2.24, 2.45) is 0 Å². The van der Waals surface area contributed by atoms with E-state index in [0.717, 1.165) is 6.54 Å². The number of amides is 2. The molecule has 4 atom stereocenters. The van der Waals surface area contributed by atoms with Crippen molar-refractivity contribution in [2.75, 3.05) is 6.54 Å². The normalized spacial score (nSPS) is 30.2. The lowest BCUT2D eigenvalue weighted by Gasteiger charge is -2.35. The van der Waals surface area contributed by atoms with E-state index in [1.54, 1.807) is 16.2 Å². The second-order valence-corrected chi connectivity index (χ2v) is 6.46. The van der Waals surface area contributed by atoms with Crippen molar-refractivity contribution in [2.45, 2.75) is 44.1 Å². The van der Waals surface area contributed by atoms with Gasteiger partial charge in [-0.15, -0.1) is 0 Å². The fraction of sp³-hybridized carbons (Fsp3) is 0.571. The molecule has 0 bridgehead atoms. The zero-order valence-corrected chi connectivity index (χ0v) is 12.6. The maximum absolute atomic E-state index is 12.3. The Labute approximate surface area is 127 Å². The summed E-state index contributed by atoms with van der Waals surface area (Å²) in [5.41, 5.74) is 1.21. The monoisotopic (exact) mass is 309 g/mol. The number of thiophene rings is 1. The third-order valence-corrected chi connectivity index (χ3v) is 4.84. The van der Waals surface area contributed by atoms with E-state index in [2.05, 4.69) is 22.1 Å². The van der Waals surface area contributed by atoms with Crippen molar-refractivity contribution in [3.05, 3.63) is 22.4 Å². The summed E-state index contributed by atoms with van der Waals surface area (Å²) in [5.74, 6) is -0.352. The Bertz CT molecular complexity index is 532. The lowest BCUT2D eigenvalue weighted by Crippen LogP contribution is -2.64. The van der Waals surface area contributed by atoms with E-state index in [9.17, 15) is 14.7 Å². The summed E-state index contributed by atoms with van der Waals surface area (Å²) in [6.07, 6.45) is -0.256. The van der Waals surface area contributed by atoms with Crippen molar-refractivity contribution >= 4 is 23.2 Å². The van der Waals surface area contributed by atoms with Gasteiger partial charge in [0, 0.05) is 19.1 Å². The van der Waals surface area contributed by atoms with E-state index >= 15 is 0 Å². The third-order valence-electron chi connectivity index (χ3n) is 4.11. The van der Waals surface area contributed by atoms with Crippen LogP contribution in [0.4, 0.5) is 0 Å². The topological polar surface area (TPSA) is 81.7 Å². The third kappa shape index (κ3) is 2.81. The van der Waals surface area contributed by atoms with Gasteiger partial charge >= 0.3 is 0 Å². The molecule has 3 rings (SSSR count). The Morgan fingerprint density at radius 1 is 1.57 bits per heavy atom. The van der Waals surface area contributed by atoms with E-state index in [1.807, 2.05) is 5.38 Å². The molecule has 2 saturated heterocycles. The molecular weight excluding hydrogens is 290 g/mol. The van der Waals surface area contributed by atoms with Gasteiger partial charge < -0.3 is 20.6 Å². The zero-order valence-electron chi connectivity index (χ0n) is 11.8. The van der Waals surface area contributed by atoms with Gasteiger partial charge in [-0.05, 0) is 35.7 Å². The van der Waals surface area contributed by atoms with Crippen molar-refractivity contribution in [1.29, 1.82) is 0 Å². The lowest BCUT2D eigenvalue weighted by molar-refractivity contribution is -0.149. The molecule has 3 heterocycles. The molecule has 21 heavy (non-hydrogen) atoms. The molecule has 0 spiro atoms. The maximum atomic E-state index is 12.3. The molecule has 114 valence electrons. The number of fused-ring (bicyclic) bond motifs is 1. The van der Waals surface area contributed by atoms with Crippen LogP contribution in [0.15, 0.2) is 16.8 Å². The number of nitrogens with one attached hydrogen (secondary N) is 2. The maximum Gasteiger partial charge on any atom is 0.248 e. The molecular formula is C14H19N3O3S. The molecule has 0 radical (unpaired) electrons. The molecule has 2 aliphatic rings. The van der Waals surface area contributed by atoms with Crippen molar-refractivity contribution in [3.63, 3.8) is 0 Å². The molecule has 0 saturated carbocycles. The first-order valence-electron chi connectivity index (χ1n) is 7.09. The minimum absolute atomic E-state index is 0.109. The summed E-state index contributed by atoms with van der Waals surface area (Å²) in [4.78, 5) is 26.0. The van der Waals surface area contributed by atoms with Gasteiger partial charge in [-0.2, -0.15) is 11.3 Å². The van der Waals surface area contributed by atoms with Gasteiger partial charge in [0.05, 0.1) is 6.10 Å². The SMILES string of the molecule is C[C@@H](O)[C@@H]1NC(=O)[C@@H]2C[C@H](NCc3ccsc3)CN2C1=O. The highest BCUT2D eigenvalue weighted by molar-refractivity contribution is 7.07. The summed E-state index contributed by atoms with van der Waals surface area (Å²) >= 11 is 1.65. The quantitative estimate of drug-likeness (QED) is 0.712. The number of aliphatic hydroxyl groups excluding tert-OH is 1. The first-order valence-corrected chi connectivity index (χ1v) is 8.04. The summed E-state index contributed by atoms with van der Waals surface area (Å²) in [6.45, 7) is 2.78. The van der Waals surface area contributed by atoms with Crippen molar-refractivity contribution < 1.29 is 14.7 Å². The summed E-state index contributed by atoms with van der Waals surface area (Å²) in [5, 5.41) is 19.7. The number of hydrogen-bond donors (Lipinski definition) is 3. The zero-order chi connectivity index (χ0) is 15.0. The molecule has 7 heteroatoms. The van der Waals surface area contributed by atoms with Crippen LogP contribution < -0.4 is 10.6 Å². The summed E-state index contributed by atoms with van der Waals surface area (Å²) in [7, 11) is 0. The standard InChI is InChI=1S/C14H19N3O3S/c1-8(18)12-14(20)17-6-10(4-11(17)13(19)16-12)15-5-9-2-3-21-7-9/h2-3,7-8,10-12,15,18H,4-6H2,1H3,(H,16,19)/t8-,10+,11+,12+/m1/s1. The Hall–Kier alpha value is -1.44. The number of aliphatic hydroxyl groups is 1. The Balaban J connectivity index is 1.64. The molecule has 2 aliphatic heterocycles. The summed E-state index contributed by atoms with van der Waals surface area (Å²) in [6, 6.07) is 0.940. The molecule has 0 aromatic carbocycles. The van der Waals surface area contributed by atoms with Crippen LogP contribution in [-0.4, -0.2) is 52.6 Å². The smallest absolute Gasteiger partial charge is 0.248 e. The second kappa shape index (κ2) is 5.75.